The van der Waals surface area contributed by atoms with Gasteiger partial charge in [-0.3, -0.25) is 14.5 Å². The van der Waals surface area contributed by atoms with Gasteiger partial charge < -0.3 is 15.8 Å². The number of amides is 3. The van der Waals surface area contributed by atoms with Gasteiger partial charge in [0.05, 0.1) is 11.3 Å². The summed E-state index contributed by atoms with van der Waals surface area (Å²) in [5.74, 6) is -1.04. The molecule has 0 spiro atoms. The maximum absolute atomic E-state index is 13.0. The number of hydrogen-bond donors (Lipinski definition) is 2. The molecule has 1 saturated heterocycles. The maximum Gasteiger partial charge on any atom is 0.410 e. The number of anilines is 1. The van der Waals surface area contributed by atoms with Crippen molar-refractivity contribution in [3.05, 3.63) is 89.5 Å². The van der Waals surface area contributed by atoms with Gasteiger partial charge in [0.15, 0.2) is 0 Å². The molecule has 34 heavy (non-hydrogen) atoms. The number of nitrogens with one attached hydrogen (secondary N) is 1. The fourth-order valence-corrected chi connectivity index (χ4v) is 4.96. The van der Waals surface area contributed by atoms with Gasteiger partial charge in [-0.05, 0) is 47.2 Å². The molecule has 7 heteroatoms. The van der Waals surface area contributed by atoms with Crippen LogP contribution in [0.2, 0.25) is 0 Å². The summed E-state index contributed by atoms with van der Waals surface area (Å²) in [4.78, 5) is 39.1. The van der Waals surface area contributed by atoms with E-state index in [0.717, 1.165) is 22.3 Å². The van der Waals surface area contributed by atoms with E-state index in [2.05, 4.69) is 29.6 Å². The fraction of sp³-hybridized carbons (Fsp3) is 0.222. The average Bonchev–Trinajstić information content (AvgIpc) is 3.46. The molecule has 3 aromatic rings. The summed E-state index contributed by atoms with van der Waals surface area (Å²) < 4.78 is 5.75. The van der Waals surface area contributed by atoms with Gasteiger partial charge in [0.1, 0.15) is 12.6 Å². The van der Waals surface area contributed by atoms with Crippen molar-refractivity contribution >= 4 is 23.6 Å². The van der Waals surface area contributed by atoms with Crippen molar-refractivity contribution in [2.75, 3.05) is 18.5 Å². The number of likely N-dealkylation sites (tertiary alicyclic amines) is 1. The number of nitrogens with two attached hydrogens (primary N) is 1. The number of carbonyl (C=O) groups excluding carboxylic acids is 3. The Morgan fingerprint density at radius 3 is 2.21 bits per heavy atom. The quantitative estimate of drug-likeness (QED) is 0.604. The Morgan fingerprint density at radius 2 is 1.53 bits per heavy atom. The highest BCUT2D eigenvalue weighted by Crippen LogP contribution is 2.44. The molecule has 1 aliphatic carbocycles. The average molecular weight is 456 g/mol. The lowest BCUT2D eigenvalue weighted by atomic mass is 9.98. The van der Waals surface area contributed by atoms with Crippen LogP contribution in [0, 0.1) is 0 Å². The number of para-hydroxylation sites is 1. The van der Waals surface area contributed by atoms with Crippen molar-refractivity contribution in [2.24, 2.45) is 5.73 Å². The summed E-state index contributed by atoms with van der Waals surface area (Å²) in [6.07, 6.45) is 0.705. The molecule has 2 aliphatic rings. The Hall–Kier alpha value is -4.13. The van der Waals surface area contributed by atoms with Crippen LogP contribution in [0.3, 0.4) is 0 Å². The van der Waals surface area contributed by atoms with Crippen LogP contribution in [0.25, 0.3) is 11.1 Å². The van der Waals surface area contributed by atoms with Crippen LogP contribution in [0.15, 0.2) is 72.8 Å². The first-order valence-corrected chi connectivity index (χ1v) is 11.4. The fourth-order valence-electron chi connectivity index (χ4n) is 4.96. The second-order valence-corrected chi connectivity index (χ2v) is 8.55. The molecule has 0 radical (unpaired) electrons. The Balaban J connectivity index is 1.28. The van der Waals surface area contributed by atoms with Crippen LogP contribution in [0.4, 0.5) is 10.5 Å². The zero-order valence-electron chi connectivity index (χ0n) is 18.6. The van der Waals surface area contributed by atoms with Gasteiger partial charge in [-0.2, -0.15) is 0 Å². The molecule has 1 aliphatic heterocycles. The molecule has 1 heterocycles. The van der Waals surface area contributed by atoms with Crippen LogP contribution >= 0.6 is 0 Å². The van der Waals surface area contributed by atoms with Crippen molar-refractivity contribution in [3.63, 3.8) is 0 Å². The Bertz CT molecular complexity index is 1230. The van der Waals surface area contributed by atoms with Crippen molar-refractivity contribution in [2.45, 2.75) is 24.8 Å². The number of hydrogen-bond acceptors (Lipinski definition) is 4. The van der Waals surface area contributed by atoms with Gasteiger partial charge in [-0.15, -0.1) is 0 Å². The van der Waals surface area contributed by atoms with Gasteiger partial charge in [-0.1, -0.05) is 60.7 Å². The monoisotopic (exact) mass is 455 g/mol. The summed E-state index contributed by atoms with van der Waals surface area (Å²) in [5.41, 5.74) is 10.6. The van der Waals surface area contributed by atoms with E-state index in [4.69, 9.17) is 10.5 Å². The lowest BCUT2D eigenvalue weighted by Crippen LogP contribution is -2.43. The largest absolute Gasteiger partial charge is 0.448 e. The molecule has 3 aromatic carbocycles. The zero-order valence-corrected chi connectivity index (χ0v) is 18.6. The number of nitrogens with zero attached hydrogens (tertiary/aromatic N) is 1. The summed E-state index contributed by atoms with van der Waals surface area (Å²) in [6.45, 7) is 0.633. The van der Waals surface area contributed by atoms with E-state index in [-0.39, 0.29) is 24.0 Å². The molecule has 172 valence electrons. The first-order valence-electron chi connectivity index (χ1n) is 11.4. The SMILES string of the molecule is NC(=O)c1ccccc1NC(=O)[C@H]1CCCN1C(=O)OCC1c2ccccc2-c2ccccc21. The van der Waals surface area contributed by atoms with Crippen LogP contribution in [-0.2, 0) is 9.53 Å². The predicted molar refractivity (Wildman–Crippen MR) is 128 cm³/mol. The smallest absolute Gasteiger partial charge is 0.410 e. The Morgan fingerprint density at radius 1 is 0.912 bits per heavy atom. The van der Waals surface area contributed by atoms with E-state index in [1.807, 2.05) is 24.3 Å². The topological polar surface area (TPSA) is 102 Å². The summed E-state index contributed by atoms with van der Waals surface area (Å²) in [7, 11) is 0. The highest BCUT2D eigenvalue weighted by Gasteiger charge is 2.36. The molecule has 5 rings (SSSR count). The minimum atomic E-state index is -0.670. The van der Waals surface area contributed by atoms with Crippen LogP contribution in [0.5, 0.6) is 0 Å². The standard InChI is InChI=1S/C27H25N3O4/c28-25(31)21-12-5-6-13-23(21)29-26(32)24-14-7-15-30(24)27(33)34-16-22-19-10-3-1-8-17(19)18-9-2-4-11-20(18)22/h1-6,8-13,22,24H,7,14-16H2,(H2,28,31)(H,29,32)/t24-/m1/s1. The third kappa shape index (κ3) is 3.90. The van der Waals surface area contributed by atoms with Gasteiger partial charge in [0.2, 0.25) is 5.91 Å². The van der Waals surface area contributed by atoms with Crippen LogP contribution in [-0.4, -0.2) is 42.0 Å². The number of ether oxygens (including phenoxy) is 1. The molecular weight excluding hydrogens is 430 g/mol. The van der Waals surface area contributed by atoms with E-state index in [1.165, 1.54) is 4.90 Å². The van der Waals surface area contributed by atoms with Crippen molar-refractivity contribution in [1.29, 1.82) is 0 Å². The van der Waals surface area contributed by atoms with E-state index < -0.39 is 18.0 Å². The number of benzene rings is 3. The minimum absolute atomic E-state index is 0.0475. The summed E-state index contributed by atoms with van der Waals surface area (Å²) >= 11 is 0. The van der Waals surface area contributed by atoms with E-state index in [0.29, 0.717) is 25.1 Å². The highest BCUT2D eigenvalue weighted by molar-refractivity contribution is 6.04. The molecule has 0 unspecified atom stereocenters. The van der Waals surface area contributed by atoms with Gasteiger partial charge in [0, 0.05) is 12.5 Å². The molecule has 3 amide bonds. The molecule has 1 fully saturated rings. The molecule has 0 bridgehead atoms. The third-order valence-electron chi connectivity index (χ3n) is 6.58. The van der Waals surface area contributed by atoms with E-state index >= 15 is 0 Å². The normalized spacial score (nSPS) is 16.6. The molecule has 0 aromatic heterocycles. The summed E-state index contributed by atoms with van der Waals surface area (Å²) in [5, 5.41) is 2.75. The molecule has 3 N–H and O–H groups in total. The second kappa shape index (κ2) is 9.02. The molecule has 0 saturated carbocycles. The third-order valence-corrected chi connectivity index (χ3v) is 6.58. The summed E-state index contributed by atoms with van der Waals surface area (Å²) in [6, 6.07) is 22.2. The zero-order chi connectivity index (χ0) is 23.7. The maximum atomic E-state index is 13.0. The number of carbonyl (C=O) groups is 3. The lowest BCUT2D eigenvalue weighted by molar-refractivity contribution is -0.120. The van der Waals surface area contributed by atoms with Gasteiger partial charge >= 0.3 is 6.09 Å². The number of rotatable bonds is 5. The molecular formula is C27H25N3O4. The first kappa shape index (κ1) is 21.7. The van der Waals surface area contributed by atoms with Crippen molar-refractivity contribution in [1.82, 2.24) is 4.90 Å². The van der Waals surface area contributed by atoms with Gasteiger partial charge in [-0.25, -0.2) is 4.79 Å². The van der Waals surface area contributed by atoms with Crippen LogP contribution in [0.1, 0.15) is 40.2 Å². The Kier molecular flexibility index (Phi) is 5.76. The number of primary amides is 1. The molecule has 1 atom stereocenters. The Labute approximate surface area is 197 Å². The predicted octanol–water partition coefficient (Wildman–Crippen LogP) is 4.14. The second-order valence-electron chi connectivity index (χ2n) is 8.55. The van der Waals surface area contributed by atoms with Gasteiger partial charge in [0.25, 0.3) is 5.91 Å². The van der Waals surface area contributed by atoms with E-state index in [9.17, 15) is 14.4 Å². The van der Waals surface area contributed by atoms with Crippen molar-refractivity contribution in [3.8, 4) is 11.1 Å². The lowest BCUT2D eigenvalue weighted by Gasteiger charge is -2.24. The van der Waals surface area contributed by atoms with Crippen molar-refractivity contribution < 1.29 is 19.1 Å². The molecule has 7 nitrogen and oxygen atoms in total. The highest BCUT2D eigenvalue weighted by atomic mass is 16.6. The van der Waals surface area contributed by atoms with E-state index in [1.54, 1.807) is 24.3 Å². The van der Waals surface area contributed by atoms with Crippen LogP contribution < -0.4 is 11.1 Å². The number of fused-ring (bicyclic) bond motifs is 3. The first-order chi connectivity index (χ1) is 16.5. The minimum Gasteiger partial charge on any atom is -0.448 e.